The number of rotatable bonds is 33. The SMILES string of the molecule is CCCCCCCCCCCCCCCCCCOc1ccc(C=Nc2ccc(CCCCCCCCCCCCCC)cc2)cc1. The van der Waals surface area contributed by atoms with Gasteiger partial charge in [-0.3, -0.25) is 4.99 Å². The molecule has 2 aromatic rings. The summed E-state index contributed by atoms with van der Waals surface area (Å²) in [6.07, 6.45) is 42.4. The van der Waals surface area contributed by atoms with Crippen LogP contribution in [0.4, 0.5) is 5.69 Å². The number of nitrogens with zero attached hydrogens (tertiary/aromatic N) is 1. The molecule has 0 heterocycles. The zero-order valence-corrected chi connectivity index (χ0v) is 31.3. The van der Waals surface area contributed by atoms with Crippen LogP contribution in [0.5, 0.6) is 5.75 Å². The van der Waals surface area contributed by atoms with Gasteiger partial charge in [0, 0.05) is 6.21 Å². The lowest BCUT2D eigenvalue weighted by Gasteiger charge is -2.07. The van der Waals surface area contributed by atoms with E-state index < -0.39 is 0 Å². The van der Waals surface area contributed by atoms with Crippen molar-refractivity contribution in [2.75, 3.05) is 6.61 Å². The molecule has 0 unspecified atom stereocenters. The van der Waals surface area contributed by atoms with Crippen molar-refractivity contribution in [3.8, 4) is 5.75 Å². The molecule has 0 aromatic heterocycles. The highest BCUT2D eigenvalue weighted by molar-refractivity contribution is 5.82. The summed E-state index contributed by atoms with van der Waals surface area (Å²) >= 11 is 0. The maximum absolute atomic E-state index is 6.00. The Hall–Kier alpha value is -2.09. The smallest absolute Gasteiger partial charge is 0.119 e. The molecule has 0 spiro atoms. The van der Waals surface area contributed by atoms with Gasteiger partial charge >= 0.3 is 0 Å². The second-order valence-electron chi connectivity index (χ2n) is 14.3. The lowest BCUT2D eigenvalue weighted by Crippen LogP contribution is -1.97. The third-order valence-corrected chi connectivity index (χ3v) is 9.76. The van der Waals surface area contributed by atoms with Crippen molar-refractivity contribution in [3.63, 3.8) is 0 Å². The standard InChI is InChI=1S/C45H75NO/c1-3-5-7-9-11-13-15-17-18-19-20-22-24-26-28-30-40-47-45-38-34-43(35-39-45)41-46-44-36-32-42(33-37-44)31-29-27-25-23-21-16-14-12-10-8-6-4-2/h32-39,41H,3-31,40H2,1-2H3. The molecule has 0 bridgehead atoms. The van der Waals surface area contributed by atoms with Crippen LogP contribution < -0.4 is 4.74 Å². The van der Waals surface area contributed by atoms with Gasteiger partial charge in [-0.1, -0.05) is 193 Å². The van der Waals surface area contributed by atoms with Crippen LogP contribution in [-0.2, 0) is 6.42 Å². The van der Waals surface area contributed by atoms with E-state index in [-0.39, 0.29) is 0 Å². The summed E-state index contributed by atoms with van der Waals surface area (Å²) < 4.78 is 6.00. The molecule has 0 saturated carbocycles. The highest BCUT2D eigenvalue weighted by Crippen LogP contribution is 2.18. The van der Waals surface area contributed by atoms with Gasteiger partial charge in [-0.15, -0.1) is 0 Å². The Morgan fingerprint density at radius 3 is 1.23 bits per heavy atom. The Balaban J connectivity index is 1.42. The van der Waals surface area contributed by atoms with Gasteiger partial charge in [-0.05, 0) is 66.8 Å². The first-order valence-corrected chi connectivity index (χ1v) is 20.7. The van der Waals surface area contributed by atoms with Crippen LogP contribution in [0.3, 0.4) is 0 Å². The second-order valence-corrected chi connectivity index (χ2v) is 14.3. The first-order chi connectivity index (χ1) is 23.3. The normalized spacial score (nSPS) is 11.5. The van der Waals surface area contributed by atoms with Crippen molar-refractivity contribution in [1.82, 2.24) is 0 Å². The molecule has 0 amide bonds. The quantitative estimate of drug-likeness (QED) is 0.0559. The molecular formula is C45H75NO. The van der Waals surface area contributed by atoms with Crippen LogP contribution in [0.25, 0.3) is 0 Å². The van der Waals surface area contributed by atoms with Crippen molar-refractivity contribution < 1.29 is 4.74 Å². The lowest BCUT2D eigenvalue weighted by molar-refractivity contribution is 0.304. The zero-order chi connectivity index (χ0) is 33.3. The molecule has 47 heavy (non-hydrogen) atoms. The highest BCUT2D eigenvalue weighted by Gasteiger charge is 1.99. The highest BCUT2D eigenvalue weighted by atomic mass is 16.5. The van der Waals surface area contributed by atoms with Crippen LogP contribution in [0.1, 0.15) is 205 Å². The Labute approximate surface area is 293 Å². The largest absolute Gasteiger partial charge is 0.494 e. The van der Waals surface area contributed by atoms with E-state index in [4.69, 9.17) is 9.73 Å². The van der Waals surface area contributed by atoms with E-state index >= 15 is 0 Å². The maximum atomic E-state index is 6.00. The third kappa shape index (κ3) is 24.7. The number of hydrogen-bond donors (Lipinski definition) is 0. The van der Waals surface area contributed by atoms with Crippen LogP contribution in [-0.4, -0.2) is 12.8 Å². The maximum Gasteiger partial charge on any atom is 0.119 e. The summed E-state index contributed by atoms with van der Waals surface area (Å²) in [5, 5.41) is 0. The monoisotopic (exact) mass is 646 g/mol. The second kappa shape index (κ2) is 31.2. The van der Waals surface area contributed by atoms with E-state index in [0.29, 0.717) is 0 Å². The fourth-order valence-electron chi connectivity index (χ4n) is 6.56. The van der Waals surface area contributed by atoms with Crippen molar-refractivity contribution in [3.05, 3.63) is 59.7 Å². The molecule has 2 aromatic carbocycles. The van der Waals surface area contributed by atoms with Crippen LogP contribution in [0, 0.1) is 0 Å². The van der Waals surface area contributed by atoms with Gasteiger partial charge < -0.3 is 4.74 Å². The van der Waals surface area contributed by atoms with E-state index in [9.17, 15) is 0 Å². The summed E-state index contributed by atoms with van der Waals surface area (Å²) in [6.45, 7) is 5.41. The number of ether oxygens (including phenoxy) is 1. The molecule has 2 nitrogen and oxygen atoms in total. The first-order valence-electron chi connectivity index (χ1n) is 20.7. The van der Waals surface area contributed by atoms with Gasteiger partial charge in [0.1, 0.15) is 5.75 Å². The molecule has 0 saturated heterocycles. The predicted molar refractivity (Wildman–Crippen MR) is 210 cm³/mol. The van der Waals surface area contributed by atoms with E-state index in [1.807, 2.05) is 6.21 Å². The molecular weight excluding hydrogens is 571 g/mol. The van der Waals surface area contributed by atoms with Crippen LogP contribution in [0.2, 0.25) is 0 Å². The molecule has 0 aliphatic carbocycles. The van der Waals surface area contributed by atoms with Gasteiger partial charge in [-0.25, -0.2) is 0 Å². The van der Waals surface area contributed by atoms with E-state index in [2.05, 4.69) is 62.4 Å². The molecule has 0 aliphatic heterocycles. The Bertz CT molecular complexity index is 947. The van der Waals surface area contributed by atoms with Crippen LogP contribution in [0.15, 0.2) is 53.5 Å². The zero-order valence-electron chi connectivity index (χ0n) is 31.3. The minimum atomic E-state index is 0.817. The Morgan fingerprint density at radius 2 is 0.809 bits per heavy atom. The lowest BCUT2D eigenvalue weighted by atomic mass is 10.0. The topological polar surface area (TPSA) is 21.6 Å². The van der Waals surface area contributed by atoms with Gasteiger partial charge in [-0.2, -0.15) is 0 Å². The average Bonchev–Trinajstić information content (AvgIpc) is 3.10. The summed E-state index contributed by atoms with van der Waals surface area (Å²) in [4.78, 5) is 4.70. The van der Waals surface area contributed by atoms with Crippen LogP contribution >= 0.6 is 0 Å². The van der Waals surface area contributed by atoms with E-state index in [0.717, 1.165) is 30.0 Å². The van der Waals surface area contributed by atoms with Gasteiger partial charge in [0.2, 0.25) is 0 Å². The molecule has 0 N–H and O–H groups in total. The molecule has 266 valence electrons. The fraction of sp³-hybridized carbons (Fsp3) is 0.711. The number of hydrogen-bond acceptors (Lipinski definition) is 2. The number of benzene rings is 2. The summed E-state index contributed by atoms with van der Waals surface area (Å²) in [7, 11) is 0. The fourth-order valence-corrected chi connectivity index (χ4v) is 6.56. The van der Waals surface area contributed by atoms with Crippen molar-refractivity contribution in [2.24, 2.45) is 4.99 Å². The van der Waals surface area contributed by atoms with Gasteiger partial charge in [0.25, 0.3) is 0 Å². The van der Waals surface area contributed by atoms with Crippen molar-refractivity contribution in [1.29, 1.82) is 0 Å². The Kier molecular flexibility index (Phi) is 27.3. The predicted octanol–water partition coefficient (Wildman–Crippen LogP) is 15.3. The van der Waals surface area contributed by atoms with E-state index in [1.165, 1.54) is 185 Å². The molecule has 0 aliphatic rings. The van der Waals surface area contributed by atoms with Gasteiger partial charge in [0.05, 0.1) is 12.3 Å². The molecule has 0 atom stereocenters. The minimum Gasteiger partial charge on any atom is -0.494 e. The van der Waals surface area contributed by atoms with Gasteiger partial charge in [0.15, 0.2) is 0 Å². The first kappa shape index (κ1) is 41.1. The number of aryl methyl sites for hydroxylation is 1. The summed E-state index contributed by atoms with van der Waals surface area (Å²) in [5.74, 6) is 0.963. The molecule has 0 radical (unpaired) electrons. The Morgan fingerprint density at radius 1 is 0.426 bits per heavy atom. The number of unbranched alkanes of at least 4 members (excludes halogenated alkanes) is 26. The molecule has 2 rings (SSSR count). The van der Waals surface area contributed by atoms with Crippen molar-refractivity contribution >= 4 is 11.9 Å². The minimum absolute atomic E-state index is 0.817. The third-order valence-electron chi connectivity index (χ3n) is 9.76. The summed E-state index contributed by atoms with van der Waals surface area (Å²) in [6, 6.07) is 17.2. The van der Waals surface area contributed by atoms with Crippen molar-refractivity contribution in [2.45, 2.75) is 200 Å². The van der Waals surface area contributed by atoms with E-state index in [1.54, 1.807) is 0 Å². The molecule has 0 fully saturated rings. The molecule has 2 heteroatoms. The summed E-state index contributed by atoms with van der Waals surface area (Å²) in [5.41, 5.74) is 3.56. The number of aliphatic imine (C=N–C) groups is 1. The average molecular weight is 646 g/mol.